The summed E-state index contributed by atoms with van der Waals surface area (Å²) < 4.78 is 5.13. The van der Waals surface area contributed by atoms with Crippen molar-refractivity contribution < 1.29 is 19.2 Å². The van der Waals surface area contributed by atoms with Gasteiger partial charge in [0.25, 0.3) is 11.6 Å². The van der Waals surface area contributed by atoms with Crippen LogP contribution in [0.15, 0.2) is 48.5 Å². The Morgan fingerprint density at radius 1 is 1.00 bits per heavy atom. The lowest BCUT2D eigenvalue weighted by Gasteiger charge is -2.36. The van der Waals surface area contributed by atoms with Gasteiger partial charge in [0.1, 0.15) is 5.75 Å². The molecule has 1 aliphatic rings. The van der Waals surface area contributed by atoms with Crippen LogP contribution in [-0.4, -0.2) is 47.9 Å². The van der Waals surface area contributed by atoms with Crippen LogP contribution in [0.5, 0.6) is 5.75 Å². The molecule has 1 heterocycles. The van der Waals surface area contributed by atoms with Crippen LogP contribution in [0.2, 0.25) is 0 Å². The summed E-state index contributed by atoms with van der Waals surface area (Å²) in [6.45, 7) is 3.53. The zero-order valence-electron chi connectivity index (χ0n) is 14.8. The van der Waals surface area contributed by atoms with Gasteiger partial charge < -0.3 is 14.5 Å². The standard InChI is InChI=1S/C19H19N3O5/c1-14(23)27-18-5-3-2-4-17(18)19(24)21-12-10-20(11-13-21)15-6-8-16(9-7-15)22(25)26/h2-9H,10-13H2,1H3. The van der Waals surface area contributed by atoms with Crippen LogP contribution in [0, 0.1) is 10.1 Å². The van der Waals surface area contributed by atoms with Gasteiger partial charge in [-0.1, -0.05) is 12.1 Å². The average molecular weight is 369 g/mol. The molecule has 1 saturated heterocycles. The summed E-state index contributed by atoms with van der Waals surface area (Å²) in [6.07, 6.45) is 0. The first-order valence-electron chi connectivity index (χ1n) is 8.52. The van der Waals surface area contributed by atoms with E-state index in [0.29, 0.717) is 31.7 Å². The number of carbonyl (C=O) groups excluding carboxylic acids is 2. The van der Waals surface area contributed by atoms with Gasteiger partial charge >= 0.3 is 5.97 Å². The van der Waals surface area contributed by atoms with E-state index in [2.05, 4.69) is 4.90 Å². The first-order chi connectivity index (χ1) is 13.0. The molecule has 1 aliphatic heterocycles. The number of hydrogen-bond donors (Lipinski definition) is 0. The maximum atomic E-state index is 12.8. The lowest BCUT2D eigenvalue weighted by Crippen LogP contribution is -2.48. The molecule has 0 radical (unpaired) electrons. The van der Waals surface area contributed by atoms with E-state index >= 15 is 0 Å². The van der Waals surface area contributed by atoms with Crippen LogP contribution < -0.4 is 9.64 Å². The molecule has 1 amide bonds. The minimum Gasteiger partial charge on any atom is -0.426 e. The topological polar surface area (TPSA) is 93.0 Å². The molecule has 2 aromatic carbocycles. The van der Waals surface area contributed by atoms with Crippen molar-refractivity contribution in [1.82, 2.24) is 4.90 Å². The number of anilines is 1. The number of nitrogens with zero attached hydrogens (tertiary/aromatic N) is 3. The van der Waals surface area contributed by atoms with Gasteiger partial charge in [-0.05, 0) is 24.3 Å². The van der Waals surface area contributed by atoms with E-state index in [1.807, 2.05) is 0 Å². The SMILES string of the molecule is CC(=O)Oc1ccccc1C(=O)N1CCN(c2ccc([N+](=O)[O-])cc2)CC1. The largest absolute Gasteiger partial charge is 0.426 e. The van der Waals surface area contributed by atoms with E-state index in [-0.39, 0.29) is 17.3 Å². The quantitative estimate of drug-likeness (QED) is 0.356. The van der Waals surface area contributed by atoms with Gasteiger partial charge in [-0.2, -0.15) is 0 Å². The average Bonchev–Trinajstić information content (AvgIpc) is 2.68. The van der Waals surface area contributed by atoms with Gasteiger partial charge in [-0.3, -0.25) is 19.7 Å². The van der Waals surface area contributed by atoms with E-state index in [0.717, 1.165) is 5.69 Å². The van der Waals surface area contributed by atoms with Crippen LogP contribution in [0.4, 0.5) is 11.4 Å². The predicted molar refractivity (Wildman–Crippen MR) is 99.0 cm³/mol. The van der Waals surface area contributed by atoms with Gasteiger partial charge in [-0.25, -0.2) is 0 Å². The number of piperazine rings is 1. The van der Waals surface area contributed by atoms with Crippen LogP contribution >= 0.6 is 0 Å². The molecule has 140 valence electrons. The van der Waals surface area contributed by atoms with Crippen LogP contribution in [-0.2, 0) is 4.79 Å². The molecule has 8 heteroatoms. The number of hydrogen-bond acceptors (Lipinski definition) is 6. The molecule has 0 aromatic heterocycles. The van der Waals surface area contributed by atoms with Crippen molar-refractivity contribution in [3.8, 4) is 5.75 Å². The number of amides is 1. The summed E-state index contributed by atoms with van der Waals surface area (Å²) in [5.74, 6) is -0.402. The Balaban J connectivity index is 1.66. The predicted octanol–water partition coefficient (Wildman–Crippen LogP) is 2.48. The van der Waals surface area contributed by atoms with Crippen LogP contribution in [0.1, 0.15) is 17.3 Å². The Morgan fingerprint density at radius 2 is 1.63 bits per heavy atom. The Kier molecular flexibility index (Phi) is 5.35. The van der Waals surface area contributed by atoms with Crippen molar-refractivity contribution >= 4 is 23.3 Å². The molecule has 3 rings (SSSR count). The second-order valence-electron chi connectivity index (χ2n) is 6.14. The van der Waals surface area contributed by atoms with Gasteiger partial charge in [0.15, 0.2) is 0 Å². The van der Waals surface area contributed by atoms with Crippen molar-refractivity contribution in [3.05, 3.63) is 64.2 Å². The molecule has 0 spiro atoms. The van der Waals surface area contributed by atoms with E-state index < -0.39 is 10.9 Å². The highest BCUT2D eigenvalue weighted by molar-refractivity contribution is 5.97. The molecule has 2 aromatic rings. The number of nitro benzene ring substituents is 1. The van der Waals surface area contributed by atoms with Crippen molar-refractivity contribution in [3.63, 3.8) is 0 Å². The third-order valence-corrected chi connectivity index (χ3v) is 4.36. The van der Waals surface area contributed by atoms with Crippen LogP contribution in [0.25, 0.3) is 0 Å². The second kappa shape index (κ2) is 7.86. The number of non-ortho nitro benzene ring substituents is 1. The fourth-order valence-corrected chi connectivity index (χ4v) is 3.01. The lowest BCUT2D eigenvalue weighted by atomic mass is 10.1. The third-order valence-electron chi connectivity index (χ3n) is 4.36. The molecule has 0 saturated carbocycles. The maximum Gasteiger partial charge on any atom is 0.308 e. The summed E-state index contributed by atoms with van der Waals surface area (Å²) in [5, 5.41) is 10.8. The zero-order chi connectivity index (χ0) is 19.4. The number of carbonyl (C=O) groups is 2. The van der Waals surface area contributed by atoms with Gasteiger partial charge in [0.2, 0.25) is 0 Å². The van der Waals surface area contributed by atoms with Gasteiger partial charge in [0.05, 0.1) is 10.5 Å². The summed E-state index contributed by atoms with van der Waals surface area (Å²) in [7, 11) is 0. The maximum absolute atomic E-state index is 12.8. The van der Waals surface area contributed by atoms with Crippen molar-refractivity contribution in [1.29, 1.82) is 0 Å². The lowest BCUT2D eigenvalue weighted by molar-refractivity contribution is -0.384. The zero-order valence-corrected chi connectivity index (χ0v) is 14.8. The molecule has 0 N–H and O–H groups in total. The summed E-state index contributed by atoms with van der Waals surface area (Å²) in [6, 6.07) is 13.1. The molecular weight excluding hydrogens is 350 g/mol. The van der Waals surface area contributed by atoms with Gasteiger partial charge in [0, 0.05) is 50.9 Å². The first-order valence-corrected chi connectivity index (χ1v) is 8.52. The Labute approximate surface area is 156 Å². The fraction of sp³-hybridized carbons (Fsp3) is 0.263. The highest BCUT2D eigenvalue weighted by atomic mass is 16.6. The highest BCUT2D eigenvalue weighted by Crippen LogP contribution is 2.23. The van der Waals surface area contributed by atoms with E-state index in [9.17, 15) is 19.7 Å². The van der Waals surface area contributed by atoms with Gasteiger partial charge in [-0.15, -0.1) is 0 Å². The molecule has 0 aliphatic carbocycles. The summed E-state index contributed by atoms with van der Waals surface area (Å²) in [4.78, 5) is 38.2. The third kappa shape index (κ3) is 4.22. The number of benzene rings is 2. The minimum absolute atomic E-state index is 0.0506. The molecule has 0 atom stereocenters. The molecule has 0 unspecified atom stereocenters. The number of para-hydroxylation sites is 1. The molecular formula is C19H19N3O5. The smallest absolute Gasteiger partial charge is 0.308 e. The molecule has 1 fully saturated rings. The summed E-state index contributed by atoms with van der Waals surface area (Å²) in [5.41, 5.74) is 1.29. The number of rotatable bonds is 4. The highest BCUT2D eigenvalue weighted by Gasteiger charge is 2.25. The molecule has 0 bridgehead atoms. The van der Waals surface area contributed by atoms with E-state index in [1.54, 1.807) is 41.3 Å². The first kappa shape index (κ1) is 18.4. The molecule has 27 heavy (non-hydrogen) atoms. The Bertz CT molecular complexity index is 858. The summed E-state index contributed by atoms with van der Waals surface area (Å²) >= 11 is 0. The van der Waals surface area contributed by atoms with E-state index in [1.165, 1.54) is 19.1 Å². The van der Waals surface area contributed by atoms with Crippen molar-refractivity contribution in [2.24, 2.45) is 0 Å². The molecule has 8 nitrogen and oxygen atoms in total. The minimum atomic E-state index is -0.474. The fourth-order valence-electron chi connectivity index (χ4n) is 3.01. The normalized spacial score (nSPS) is 14.0. The number of esters is 1. The Morgan fingerprint density at radius 3 is 2.22 bits per heavy atom. The van der Waals surface area contributed by atoms with Crippen molar-refractivity contribution in [2.45, 2.75) is 6.92 Å². The number of nitro groups is 1. The number of ether oxygens (including phenoxy) is 1. The monoisotopic (exact) mass is 369 g/mol. The van der Waals surface area contributed by atoms with E-state index in [4.69, 9.17) is 4.74 Å². The van der Waals surface area contributed by atoms with Crippen molar-refractivity contribution in [2.75, 3.05) is 31.1 Å². The van der Waals surface area contributed by atoms with Crippen LogP contribution in [0.3, 0.4) is 0 Å². The Hall–Kier alpha value is -3.42. The second-order valence-corrected chi connectivity index (χ2v) is 6.14.